The number of hydrogen-bond donors (Lipinski definition) is 1. The minimum atomic E-state index is -1.03. The van der Waals surface area contributed by atoms with Crippen LogP contribution in [-0.4, -0.2) is 41.2 Å². The number of rotatable bonds is 3. The molecule has 0 unspecified atom stereocenters. The summed E-state index contributed by atoms with van der Waals surface area (Å²) in [6.45, 7) is 3.27. The summed E-state index contributed by atoms with van der Waals surface area (Å²) in [6, 6.07) is 10.3. The van der Waals surface area contributed by atoms with Crippen LogP contribution in [0.15, 0.2) is 45.7 Å². The number of amides is 2. The maximum Gasteiger partial charge on any atom is 0.322 e. The highest BCUT2D eigenvalue weighted by Gasteiger charge is 2.30. The van der Waals surface area contributed by atoms with Gasteiger partial charge >= 0.3 is 6.03 Å². The van der Waals surface area contributed by atoms with E-state index in [2.05, 4.69) is 5.32 Å². The monoisotopic (exact) mass is 348 g/mol. The molecule has 0 saturated carbocycles. The zero-order valence-electron chi connectivity index (χ0n) is 13.7. The van der Waals surface area contributed by atoms with E-state index in [1.54, 1.807) is 35.4 Å². The Morgan fingerprint density at radius 1 is 1.25 bits per heavy atom. The average molecular weight is 348 g/mol. The molecule has 1 aliphatic rings. The average Bonchev–Trinajstić information content (AvgIpc) is 3.01. The molecule has 24 heavy (non-hydrogen) atoms. The Bertz CT molecular complexity index is 741. The summed E-state index contributed by atoms with van der Waals surface area (Å²) >= 11 is 0. The number of furan rings is 1. The quantitative estimate of drug-likeness (QED) is 0.926. The van der Waals surface area contributed by atoms with Crippen molar-refractivity contribution in [3.8, 4) is 0 Å². The number of benzene rings is 1. The topological polar surface area (TPSA) is 71.8 Å². The molecule has 0 radical (unpaired) electrons. The number of anilines is 1. The summed E-state index contributed by atoms with van der Waals surface area (Å²) in [5.74, 6) is 1.53. The zero-order valence-corrected chi connectivity index (χ0v) is 14.5. The summed E-state index contributed by atoms with van der Waals surface area (Å²) in [7, 11) is -1.03. The van der Waals surface area contributed by atoms with Gasteiger partial charge in [-0.2, -0.15) is 0 Å². The molecule has 2 aromatic rings. The van der Waals surface area contributed by atoms with Crippen LogP contribution in [0.1, 0.15) is 17.6 Å². The highest BCUT2D eigenvalue weighted by molar-refractivity contribution is 7.84. The normalized spacial score (nSPS) is 19.1. The van der Waals surface area contributed by atoms with Crippen LogP contribution in [0.2, 0.25) is 0 Å². The number of morpholine rings is 1. The SMILES string of the molecule is Cc1ccc([C@@H]2COCCN2C(=O)Nc2ccc([S@](C)=O)cc2)o1. The predicted molar refractivity (Wildman–Crippen MR) is 91.5 cm³/mol. The van der Waals surface area contributed by atoms with Crippen molar-refractivity contribution in [2.24, 2.45) is 0 Å². The fourth-order valence-corrected chi connectivity index (χ4v) is 3.16. The number of carbonyl (C=O) groups is 1. The summed E-state index contributed by atoms with van der Waals surface area (Å²) in [5.41, 5.74) is 0.662. The number of aryl methyl sites for hydroxylation is 1. The highest BCUT2D eigenvalue weighted by atomic mass is 32.2. The van der Waals surface area contributed by atoms with Crippen LogP contribution >= 0.6 is 0 Å². The van der Waals surface area contributed by atoms with E-state index in [-0.39, 0.29) is 12.1 Å². The first kappa shape index (κ1) is 16.7. The van der Waals surface area contributed by atoms with Gasteiger partial charge in [-0.15, -0.1) is 0 Å². The predicted octanol–water partition coefficient (Wildman–Crippen LogP) is 2.93. The minimum Gasteiger partial charge on any atom is -0.464 e. The molecule has 1 N–H and O–H groups in total. The molecule has 0 spiro atoms. The molecular weight excluding hydrogens is 328 g/mol. The molecule has 2 atom stereocenters. The fraction of sp³-hybridized carbons (Fsp3) is 0.353. The highest BCUT2D eigenvalue weighted by Crippen LogP contribution is 2.26. The Balaban J connectivity index is 1.73. The van der Waals surface area contributed by atoms with Gasteiger partial charge in [-0.1, -0.05) is 0 Å². The maximum atomic E-state index is 12.6. The Labute approximate surface area is 143 Å². The third kappa shape index (κ3) is 3.68. The van der Waals surface area contributed by atoms with Gasteiger partial charge in [-0.05, 0) is 43.3 Å². The minimum absolute atomic E-state index is 0.206. The van der Waals surface area contributed by atoms with E-state index >= 15 is 0 Å². The lowest BCUT2D eigenvalue weighted by atomic mass is 10.2. The fourth-order valence-electron chi connectivity index (χ4n) is 2.64. The molecule has 1 aromatic carbocycles. The number of carbonyl (C=O) groups excluding carboxylic acids is 1. The lowest BCUT2D eigenvalue weighted by Crippen LogP contribution is -2.45. The van der Waals surface area contributed by atoms with Crippen molar-refractivity contribution < 1.29 is 18.2 Å². The van der Waals surface area contributed by atoms with E-state index in [1.165, 1.54) is 0 Å². The molecule has 6 nitrogen and oxygen atoms in total. The lowest BCUT2D eigenvalue weighted by Gasteiger charge is -2.34. The van der Waals surface area contributed by atoms with Crippen LogP contribution in [0.5, 0.6) is 0 Å². The van der Waals surface area contributed by atoms with E-state index < -0.39 is 10.8 Å². The van der Waals surface area contributed by atoms with Gasteiger partial charge in [0.05, 0.1) is 13.2 Å². The van der Waals surface area contributed by atoms with Gasteiger partial charge in [-0.25, -0.2) is 4.79 Å². The van der Waals surface area contributed by atoms with E-state index in [9.17, 15) is 9.00 Å². The van der Waals surface area contributed by atoms with Crippen LogP contribution in [0, 0.1) is 6.92 Å². The number of hydrogen-bond acceptors (Lipinski definition) is 4. The third-order valence-corrected chi connectivity index (χ3v) is 4.85. The van der Waals surface area contributed by atoms with Crippen molar-refractivity contribution in [3.05, 3.63) is 47.9 Å². The van der Waals surface area contributed by atoms with Crippen molar-refractivity contribution in [1.29, 1.82) is 0 Å². The van der Waals surface area contributed by atoms with E-state index in [1.807, 2.05) is 19.1 Å². The molecule has 1 aliphatic heterocycles. The van der Waals surface area contributed by atoms with Crippen molar-refractivity contribution in [3.63, 3.8) is 0 Å². The summed E-state index contributed by atoms with van der Waals surface area (Å²) in [5, 5.41) is 2.88. The smallest absolute Gasteiger partial charge is 0.322 e. The van der Waals surface area contributed by atoms with E-state index in [4.69, 9.17) is 9.15 Å². The molecule has 1 aromatic heterocycles. The maximum absolute atomic E-state index is 12.6. The Hall–Kier alpha value is -2.12. The number of urea groups is 1. The Morgan fingerprint density at radius 3 is 2.62 bits per heavy atom. The van der Waals surface area contributed by atoms with Crippen LogP contribution in [0.3, 0.4) is 0 Å². The zero-order chi connectivity index (χ0) is 17.1. The van der Waals surface area contributed by atoms with Crippen molar-refractivity contribution >= 4 is 22.5 Å². The first-order valence-electron chi connectivity index (χ1n) is 7.70. The number of nitrogens with one attached hydrogen (secondary N) is 1. The molecule has 3 rings (SSSR count). The summed E-state index contributed by atoms with van der Waals surface area (Å²) < 4.78 is 22.6. The first-order valence-corrected chi connectivity index (χ1v) is 9.25. The molecular formula is C17H20N2O4S. The second-order valence-electron chi connectivity index (χ2n) is 5.64. The Kier molecular flexibility index (Phi) is 5.01. The lowest BCUT2D eigenvalue weighted by molar-refractivity contribution is 0.00710. The van der Waals surface area contributed by atoms with Gasteiger partial charge in [0.1, 0.15) is 17.6 Å². The molecule has 2 heterocycles. The van der Waals surface area contributed by atoms with E-state index in [0.717, 1.165) is 16.4 Å². The largest absolute Gasteiger partial charge is 0.464 e. The first-order chi connectivity index (χ1) is 11.5. The van der Waals surface area contributed by atoms with Crippen LogP contribution in [-0.2, 0) is 15.5 Å². The standard InChI is InChI=1S/C17H20N2O4S/c1-12-3-8-16(23-12)15-11-22-10-9-19(15)17(20)18-13-4-6-14(7-5-13)24(2)21/h3-8,15H,9-11H2,1-2H3,(H,18,20)/t15-,24-/m0/s1. The molecule has 2 amide bonds. The second kappa shape index (κ2) is 7.19. The van der Waals surface area contributed by atoms with Gasteiger partial charge in [0.2, 0.25) is 0 Å². The van der Waals surface area contributed by atoms with E-state index in [0.29, 0.717) is 25.4 Å². The summed E-state index contributed by atoms with van der Waals surface area (Å²) in [6.07, 6.45) is 1.62. The second-order valence-corrected chi connectivity index (χ2v) is 7.02. The van der Waals surface area contributed by atoms with Gasteiger partial charge in [0.15, 0.2) is 0 Å². The van der Waals surface area contributed by atoms with Crippen LogP contribution in [0.25, 0.3) is 0 Å². The third-order valence-electron chi connectivity index (χ3n) is 3.92. The number of ether oxygens (including phenoxy) is 1. The van der Waals surface area contributed by atoms with Gasteiger partial charge in [0.25, 0.3) is 0 Å². The Morgan fingerprint density at radius 2 is 2.00 bits per heavy atom. The number of nitrogens with zero attached hydrogens (tertiary/aromatic N) is 1. The van der Waals surface area contributed by atoms with Gasteiger partial charge < -0.3 is 19.4 Å². The van der Waals surface area contributed by atoms with Gasteiger partial charge in [0, 0.05) is 34.2 Å². The van der Waals surface area contributed by atoms with Crippen LogP contribution < -0.4 is 5.32 Å². The van der Waals surface area contributed by atoms with Crippen molar-refractivity contribution in [1.82, 2.24) is 4.90 Å². The molecule has 0 aliphatic carbocycles. The molecule has 1 saturated heterocycles. The van der Waals surface area contributed by atoms with Gasteiger partial charge in [-0.3, -0.25) is 4.21 Å². The molecule has 0 bridgehead atoms. The molecule has 7 heteroatoms. The van der Waals surface area contributed by atoms with Crippen LogP contribution in [0.4, 0.5) is 10.5 Å². The molecule has 128 valence electrons. The molecule has 1 fully saturated rings. The summed E-state index contributed by atoms with van der Waals surface area (Å²) in [4.78, 5) is 15.1. The van der Waals surface area contributed by atoms with Crippen molar-refractivity contribution in [2.45, 2.75) is 17.9 Å². The van der Waals surface area contributed by atoms with Crippen molar-refractivity contribution in [2.75, 3.05) is 31.3 Å².